The number of benzene rings is 1. The highest BCUT2D eigenvalue weighted by molar-refractivity contribution is 5.85. The highest BCUT2D eigenvalue weighted by Gasteiger charge is 2.53. The second-order valence-electron chi connectivity index (χ2n) is 5.13. The summed E-state index contributed by atoms with van der Waals surface area (Å²) >= 11 is 0. The molecule has 0 aliphatic heterocycles. The zero-order valence-electron chi connectivity index (χ0n) is 10.3. The Balaban J connectivity index is 0.00000128. The Hall–Kier alpha value is -0.570. The molecule has 0 spiro atoms. The fourth-order valence-corrected chi connectivity index (χ4v) is 2.63. The molecular weight excluding hydrogens is 222 g/mol. The fraction of sp³-hybridized carbons (Fsp3) is 0.538. The topological polar surface area (TPSA) is 35.2 Å². The maximum absolute atomic E-state index is 6.45. The van der Waals surface area contributed by atoms with Crippen LogP contribution in [0.3, 0.4) is 0 Å². The third kappa shape index (κ3) is 1.48. The maximum Gasteiger partial charge on any atom is 0.0896 e. The van der Waals surface area contributed by atoms with E-state index in [0.29, 0.717) is 0 Å². The molecule has 1 aliphatic carbocycles. The van der Waals surface area contributed by atoms with Gasteiger partial charge in [0, 0.05) is 18.1 Å². The minimum absolute atomic E-state index is 0. The predicted molar refractivity (Wildman–Crippen MR) is 68.8 cm³/mol. The van der Waals surface area contributed by atoms with Crippen molar-refractivity contribution in [2.45, 2.75) is 32.4 Å². The summed E-state index contributed by atoms with van der Waals surface area (Å²) in [6.45, 7) is 6.42. The summed E-state index contributed by atoms with van der Waals surface area (Å²) in [6.07, 6.45) is 0.0868. The third-order valence-electron chi connectivity index (χ3n) is 4.03. The molecule has 0 radical (unpaired) electrons. The van der Waals surface area contributed by atoms with Gasteiger partial charge in [-0.05, 0) is 18.1 Å². The SMILES string of the molecule is COC1c2ccccc2C(C)(N)C1(C)C.Cl. The first-order chi connectivity index (χ1) is 6.93. The molecule has 1 aliphatic rings. The standard InChI is InChI=1S/C13H19NO.ClH/c1-12(2)11(15-4)9-7-5-6-8-10(9)13(12,3)14;/h5-8,11H,14H2,1-4H3;1H. The normalized spacial score (nSPS) is 30.7. The van der Waals surface area contributed by atoms with Gasteiger partial charge in [-0.25, -0.2) is 0 Å². The van der Waals surface area contributed by atoms with Crippen LogP contribution in [0.4, 0.5) is 0 Å². The molecule has 1 aromatic carbocycles. The summed E-state index contributed by atoms with van der Waals surface area (Å²) in [4.78, 5) is 0. The van der Waals surface area contributed by atoms with Crippen molar-refractivity contribution in [2.24, 2.45) is 11.1 Å². The summed E-state index contributed by atoms with van der Waals surface area (Å²) in [5, 5.41) is 0. The van der Waals surface area contributed by atoms with Gasteiger partial charge < -0.3 is 10.5 Å². The first-order valence-corrected chi connectivity index (χ1v) is 5.34. The number of ether oxygens (including phenoxy) is 1. The molecule has 0 bridgehead atoms. The lowest BCUT2D eigenvalue weighted by atomic mass is 9.73. The molecule has 2 atom stereocenters. The summed E-state index contributed by atoms with van der Waals surface area (Å²) in [7, 11) is 1.75. The lowest BCUT2D eigenvalue weighted by Gasteiger charge is -2.38. The Morgan fingerprint density at radius 2 is 1.75 bits per heavy atom. The first-order valence-electron chi connectivity index (χ1n) is 5.34. The third-order valence-corrected chi connectivity index (χ3v) is 4.03. The van der Waals surface area contributed by atoms with E-state index >= 15 is 0 Å². The second-order valence-corrected chi connectivity index (χ2v) is 5.13. The van der Waals surface area contributed by atoms with Gasteiger partial charge in [0.05, 0.1) is 6.10 Å². The van der Waals surface area contributed by atoms with Crippen LogP contribution in [0.1, 0.15) is 38.0 Å². The van der Waals surface area contributed by atoms with Gasteiger partial charge in [-0.15, -0.1) is 12.4 Å². The smallest absolute Gasteiger partial charge is 0.0896 e. The molecule has 0 heterocycles. The van der Waals surface area contributed by atoms with E-state index in [1.807, 2.05) is 12.1 Å². The van der Waals surface area contributed by atoms with E-state index in [0.717, 1.165) is 0 Å². The molecule has 90 valence electrons. The van der Waals surface area contributed by atoms with Crippen LogP contribution in [0, 0.1) is 5.41 Å². The Labute approximate surface area is 104 Å². The van der Waals surface area contributed by atoms with Gasteiger partial charge >= 0.3 is 0 Å². The first kappa shape index (κ1) is 13.5. The predicted octanol–water partition coefficient (Wildman–Crippen LogP) is 3.01. The molecule has 2 N–H and O–H groups in total. The summed E-state index contributed by atoms with van der Waals surface area (Å²) < 4.78 is 5.61. The van der Waals surface area contributed by atoms with Crippen LogP contribution in [0.2, 0.25) is 0 Å². The van der Waals surface area contributed by atoms with Crippen molar-refractivity contribution in [1.29, 1.82) is 0 Å². The van der Waals surface area contributed by atoms with E-state index in [-0.39, 0.29) is 29.5 Å². The molecule has 2 nitrogen and oxygen atoms in total. The van der Waals surface area contributed by atoms with E-state index in [9.17, 15) is 0 Å². The largest absolute Gasteiger partial charge is 0.376 e. The zero-order valence-corrected chi connectivity index (χ0v) is 11.1. The van der Waals surface area contributed by atoms with Crippen molar-refractivity contribution in [2.75, 3.05) is 7.11 Å². The van der Waals surface area contributed by atoms with Crippen LogP contribution < -0.4 is 5.73 Å². The Kier molecular flexibility index (Phi) is 3.39. The number of nitrogens with two attached hydrogens (primary N) is 1. The van der Waals surface area contributed by atoms with Crippen molar-refractivity contribution in [3.8, 4) is 0 Å². The Morgan fingerprint density at radius 1 is 1.19 bits per heavy atom. The van der Waals surface area contributed by atoms with Crippen LogP contribution in [0.25, 0.3) is 0 Å². The van der Waals surface area contributed by atoms with Crippen LogP contribution in [0.15, 0.2) is 24.3 Å². The average Bonchev–Trinajstić information content (AvgIpc) is 2.32. The number of hydrogen-bond acceptors (Lipinski definition) is 2. The monoisotopic (exact) mass is 241 g/mol. The minimum atomic E-state index is -0.329. The minimum Gasteiger partial charge on any atom is -0.376 e. The molecule has 0 amide bonds. The lowest BCUT2D eigenvalue weighted by Crippen LogP contribution is -2.45. The fourth-order valence-electron chi connectivity index (χ4n) is 2.63. The number of halogens is 1. The molecule has 0 fully saturated rings. The molecular formula is C13H20ClNO. The highest BCUT2D eigenvalue weighted by Crippen LogP contribution is 2.55. The maximum atomic E-state index is 6.45. The number of rotatable bonds is 1. The van der Waals surface area contributed by atoms with Gasteiger partial charge in [0.25, 0.3) is 0 Å². The van der Waals surface area contributed by atoms with Crippen molar-refractivity contribution < 1.29 is 4.74 Å². The Morgan fingerprint density at radius 3 is 2.31 bits per heavy atom. The van der Waals surface area contributed by atoms with Gasteiger partial charge in [-0.3, -0.25) is 0 Å². The van der Waals surface area contributed by atoms with E-state index < -0.39 is 0 Å². The summed E-state index contributed by atoms with van der Waals surface area (Å²) in [5.41, 5.74) is 8.49. The number of methoxy groups -OCH3 is 1. The zero-order chi connectivity index (χ0) is 11.3. The van der Waals surface area contributed by atoms with Gasteiger partial charge in [-0.1, -0.05) is 38.1 Å². The van der Waals surface area contributed by atoms with Crippen LogP contribution >= 0.6 is 12.4 Å². The molecule has 16 heavy (non-hydrogen) atoms. The molecule has 2 rings (SSSR count). The molecule has 0 aromatic heterocycles. The number of hydrogen-bond donors (Lipinski definition) is 1. The van der Waals surface area contributed by atoms with Gasteiger partial charge in [0.15, 0.2) is 0 Å². The van der Waals surface area contributed by atoms with Crippen LogP contribution in [0.5, 0.6) is 0 Å². The van der Waals surface area contributed by atoms with E-state index in [4.69, 9.17) is 10.5 Å². The summed E-state index contributed by atoms with van der Waals surface area (Å²) in [5.74, 6) is 0. The lowest BCUT2D eigenvalue weighted by molar-refractivity contribution is -0.0171. The van der Waals surface area contributed by atoms with E-state index in [1.165, 1.54) is 11.1 Å². The van der Waals surface area contributed by atoms with Crippen molar-refractivity contribution in [1.82, 2.24) is 0 Å². The van der Waals surface area contributed by atoms with Gasteiger partial charge in [0.1, 0.15) is 0 Å². The Bertz CT molecular complexity index is 387. The van der Waals surface area contributed by atoms with E-state index in [1.54, 1.807) is 7.11 Å². The summed E-state index contributed by atoms with van der Waals surface area (Å²) in [6, 6.07) is 8.31. The molecule has 1 aromatic rings. The highest BCUT2D eigenvalue weighted by atomic mass is 35.5. The van der Waals surface area contributed by atoms with E-state index in [2.05, 4.69) is 32.9 Å². The quantitative estimate of drug-likeness (QED) is 0.821. The van der Waals surface area contributed by atoms with Crippen LogP contribution in [-0.4, -0.2) is 7.11 Å². The van der Waals surface area contributed by atoms with Crippen LogP contribution in [-0.2, 0) is 10.3 Å². The molecule has 3 heteroatoms. The van der Waals surface area contributed by atoms with Gasteiger partial charge in [0.2, 0.25) is 0 Å². The molecule has 2 unspecified atom stereocenters. The van der Waals surface area contributed by atoms with Crippen molar-refractivity contribution in [3.05, 3.63) is 35.4 Å². The molecule has 0 saturated heterocycles. The second kappa shape index (κ2) is 4.02. The van der Waals surface area contributed by atoms with Crippen molar-refractivity contribution in [3.63, 3.8) is 0 Å². The van der Waals surface area contributed by atoms with Gasteiger partial charge in [-0.2, -0.15) is 0 Å². The molecule has 0 saturated carbocycles. The average molecular weight is 242 g/mol. The number of fused-ring (bicyclic) bond motifs is 1. The van der Waals surface area contributed by atoms with Crippen molar-refractivity contribution >= 4 is 12.4 Å².